The minimum absolute atomic E-state index is 0.683. The fourth-order valence-corrected chi connectivity index (χ4v) is 3.60. The molecule has 21 heavy (non-hydrogen) atoms. The van der Waals surface area contributed by atoms with Gasteiger partial charge in [0.2, 0.25) is 0 Å². The lowest BCUT2D eigenvalue weighted by Crippen LogP contribution is -2.42. The number of hydrogen-bond acceptors (Lipinski definition) is 2. The summed E-state index contributed by atoms with van der Waals surface area (Å²) in [6.45, 7) is 8.15. The Bertz CT molecular complexity index is 422. The first-order valence-corrected chi connectivity index (χ1v) is 8.47. The normalized spacial score (nSPS) is 26.1. The van der Waals surface area contributed by atoms with Crippen molar-refractivity contribution in [3.8, 4) is 0 Å². The molecule has 0 radical (unpaired) electrons. The zero-order valence-electron chi connectivity index (χ0n) is 14.4. The van der Waals surface area contributed by atoms with Gasteiger partial charge in [-0.25, -0.2) is 0 Å². The molecule has 1 N–H and O–H groups in total. The maximum atomic E-state index is 3.83. The number of hydrogen-bond donors (Lipinski definition) is 1. The molecule has 1 aliphatic rings. The van der Waals surface area contributed by atoms with Gasteiger partial charge in [-0.2, -0.15) is 0 Å². The summed E-state index contributed by atoms with van der Waals surface area (Å²) in [5.41, 5.74) is 2.66. The lowest BCUT2D eigenvalue weighted by atomic mass is 9.74. The summed E-state index contributed by atoms with van der Waals surface area (Å²) in [4.78, 5) is 2.15. The molecule has 2 nitrogen and oxygen atoms in total. The Balaban J connectivity index is 1.93. The van der Waals surface area contributed by atoms with Crippen molar-refractivity contribution in [3.05, 3.63) is 29.8 Å². The van der Waals surface area contributed by atoms with E-state index in [0.717, 1.165) is 24.3 Å². The summed E-state index contributed by atoms with van der Waals surface area (Å²) in [5, 5.41) is 3.83. The molecule has 118 valence electrons. The highest BCUT2D eigenvalue weighted by molar-refractivity contribution is 5.45. The molecule has 0 saturated heterocycles. The van der Waals surface area contributed by atoms with E-state index in [0.29, 0.717) is 6.04 Å². The molecule has 1 aliphatic carbocycles. The van der Waals surface area contributed by atoms with Crippen LogP contribution in [0.15, 0.2) is 24.3 Å². The van der Waals surface area contributed by atoms with E-state index in [9.17, 15) is 0 Å². The fraction of sp³-hybridized carbons (Fsp3) is 0.684. The van der Waals surface area contributed by atoms with Gasteiger partial charge in [0, 0.05) is 32.4 Å². The van der Waals surface area contributed by atoms with Crippen LogP contribution in [0, 0.1) is 17.8 Å². The van der Waals surface area contributed by atoms with E-state index in [4.69, 9.17) is 0 Å². The molecule has 0 aromatic heterocycles. The topological polar surface area (TPSA) is 15.3 Å². The zero-order valence-corrected chi connectivity index (χ0v) is 14.4. The first-order valence-electron chi connectivity index (χ1n) is 8.47. The monoisotopic (exact) mass is 288 g/mol. The van der Waals surface area contributed by atoms with E-state index >= 15 is 0 Å². The molecule has 2 heteroatoms. The SMILES string of the molecule is CC1CCC(C(C)C)C(NCc2ccc(N(C)C)cc2)C1. The third-order valence-corrected chi connectivity index (χ3v) is 5.04. The smallest absolute Gasteiger partial charge is 0.0361 e. The van der Waals surface area contributed by atoms with Crippen LogP contribution in [0.4, 0.5) is 5.69 Å². The van der Waals surface area contributed by atoms with Crippen LogP contribution in [0.1, 0.15) is 45.6 Å². The summed E-state index contributed by atoms with van der Waals surface area (Å²) in [7, 11) is 4.17. The van der Waals surface area contributed by atoms with Crippen LogP contribution in [0.25, 0.3) is 0 Å². The van der Waals surface area contributed by atoms with Gasteiger partial charge in [-0.1, -0.05) is 39.3 Å². The third-order valence-electron chi connectivity index (χ3n) is 5.04. The highest BCUT2D eigenvalue weighted by atomic mass is 15.1. The van der Waals surface area contributed by atoms with Gasteiger partial charge in [-0.15, -0.1) is 0 Å². The Hall–Kier alpha value is -1.02. The summed E-state index contributed by atoms with van der Waals surface area (Å²) >= 11 is 0. The Morgan fingerprint density at radius 1 is 1.14 bits per heavy atom. The van der Waals surface area contributed by atoms with Gasteiger partial charge in [-0.05, 0) is 48.3 Å². The predicted molar refractivity (Wildman–Crippen MR) is 92.7 cm³/mol. The average Bonchev–Trinajstić information content (AvgIpc) is 2.45. The van der Waals surface area contributed by atoms with Crippen molar-refractivity contribution < 1.29 is 0 Å². The summed E-state index contributed by atoms with van der Waals surface area (Å²) in [6, 6.07) is 9.60. The second kappa shape index (κ2) is 7.31. The molecule has 0 aliphatic heterocycles. The first-order chi connectivity index (χ1) is 9.97. The Morgan fingerprint density at radius 3 is 2.38 bits per heavy atom. The summed E-state index contributed by atoms with van der Waals surface area (Å²) in [5.74, 6) is 2.49. The lowest BCUT2D eigenvalue weighted by Gasteiger charge is -2.38. The molecule has 2 rings (SSSR count). The fourth-order valence-electron chi connectivity index (χ4n) is 3.60. The zero-order chi connectivity index (χ0) is 15.4. The van der Waals surface area contributed by atoms with Crippen LogP contribution in [0.2, 0.25) is 0 Å². The van der Waals surface area contributed by atoms with Crippen molar-refractivity contribution in [2.75, 3.05) is 19.0 Å². The van der Waals surface area contributed by atoms with Crippen LogP contribution in [0.5, 0.6) is 0 Å². The molecular formula is C19H32N2. The molecule has 0 bridgehead atoms. The van der Waals surface area contributed by atoms with Gasteiger partial charge < -0.3 is 10.2 Å². The summed E-state index contributed by atoms with van der Waals surface area (Å²) in [6.07, 6.45) is 4.12. The number of nitrogens with zero attached hydrogens (tertiary/aromatic N) is 1. The first kappa shape index (κ1) is 16.4. The number of anilines is 1. The van der Waals surface area contributed by atoms with E-state index in [1.54, 1.807) is 0 Å². The maximum absolute atomic E-state index is 3.83. The van der Waals surface area contributed by atoms with E-state index in [-0.39, 0.29) is 0 Å². The number of nitrogens with one attached hydrogen (secondary N) is 1. The quantitative estimate of drug-likeness (QED) is 0.869. The van der Waals surface area contributed by atoms with Gasteiger partial charge in [0.1, 0.15) is 0 Å². The Kier molecular flexibility index (Phi) is 5.69. The largest absolute Gasteiger partial charge is 0.378 e. The minimum Gasteiger partial charge on any atom is -0.378 e. The van der Waals surface area contributed by atoms with Gasteiger partial charge in [-0.3, -0.25) is 0 Å². The van der Waals surface area contributed by atoms with Crippen LogP contribution >= 0.6 is 0 Å². The molecule has 1 aromatic carbocycles. The van der Waals surface area contributed by atoms with Crippen LogP contribution < -0.4 is 10.2 Å². The van der Waals surface area contributed by atoms with Crippen molar-refractivity contribution in [3.63, 3.8) is 0 Å². The Labute approximate surface area is 130 Å². The second-order valence-electron chi connectivity index (χ2n) is 7.37. The maximum Gasteiger partial charge on any atom is 0.0361 e. The second-order valence-corrected chi connectivity index (χ2v) is 7.37. The van der Waals surface area contributed by atoms with E-state index < -0.39 is 0 Å². The molecule has 3 atom stereocenters. The van der Waals surface area contributed by atoms with Crippen LogP contribution in [-0.2, 0) is 6.54 Å². The van der Waals surface area contributed by atoms with Gasteiger partial charge in [0.25, 0.3) is 0 Å². The van der Waals surface area contributed by atoms with Crippen molar-refractivity contribution in [1.82, 2.24) is 5.32 Å². The van der Waals surface area contributed by atoms with Crippen LogP contribution in [0.3, 0.4) is 0 Å². The van der Waals surface area contributed by atoms with E-state index in [2.05, 4.69) is 69.3 Å². The van der Waals surface area contributed by atoms with Crippen molar-refractivity contribution in [2.45, 2.75) is 52.6 Å². The molecule has 1 fully saturated rings. The highest BCUT2D eigenvalue weighted by Crippen LogP contribution is 2.33. The van der Waals surface area contributed by atoms with Crippen LogP contribution in [-0.4, -0.2) is 20.1 Å². The summed E-state index contributed by atoms with van der Waals surface area (Å²) < 4.78 is 0. The minimum atomic E-state index is 0.683. The van der Waals surface area contributed by atoms with Gasteiger partial charge in [0.05, 0.1) is 0 Å². The average molecular weight is 288 g/mol. The molecular weight excluding hydrogens is 256 g/mol. The molecule has 1 aromatic rings. The standard InChI is InChI=1S/C19H32N2/c1-14(2)18-11-6-15(3)12-19(18)20-13-16-7-9-17(10-8-16)21(4)5/h7-10,14-15,18-20H,6,11-13H2,1-5H3. The number of benzene rings is 1. The molecule has 0 amide bonds. The van der Waals surface area contributed by atoms with Crippen molar-refractivity contribution in [2.24, 2.45) is 17.8 Å². The van der Waals surface area contributed by atoms with Crippen molar-refractivity contribution in [1.29, 1.82) is 0 Å². The third kappa shape index (κ3) is 4.47. The predicted octanol–water partition coefficient (Wildman–Crippen LogP) is 4.30. The lowest BCUT2D eigenvalue weighted by molar-refractivity contribution is 0.169. The molecule has 0 spiro atoms. The Morgan fingerprint density at radius 2 is 1.81 bits per heavy atom. The van der Waals surface area contributed by atoms with Crippen molar-refractivity contribution >= 4 is 5.69 Å². The van der Waals surface area contributed by atoms with Gasteiger partial charge in [0.15, 0.2) is 0 Å². The molecule has 3 unspecified atom stereocenters. The molecule has 1 saturated carbocycles. The van der Waals surface area contributed by atoms with E-state index in [1.165, 1.54) is 30.5 Å². The van der Waals surface area contributed by atoms with Gasteiger partial charge >= 0.3 is 0 Å². The molecule has 0 heterocycles. The highest BCUT2D eigenvalue weighted by Gasteiger charge is 2.30. The number of rotatable bonds is 5. The van der Waals surface area contributed by atoms with E-state index in [1.807, 2.05) is 0 Å².